The van der Waals surface area contributed by atoms with Crippen molar-refractivity contribution in [3.63, 3.8) is 0 Å². The molecule has 0 radical (unpaired) electrons. The number of amides is 1. The second-order valence-corrected chi connectivity index (χ2v) is 8.89. The molecule has 0 unspecified atom stereocenters. The van der Waals surface area contributed by atoms with Crippen molar-refractivity contribution in [3.05, 3.63) is 29.8 Å². The summed E-state index contributed by atoms with van der Waals surface area (Å²) in [5, 5.41) is 0. The molecule has 3 rings (SSSR count). The van der Waals surface area contributed by atoms with Crippen LogP contribution in [0.1, 0.15) is 31.2 Å². The molecule has 2 heterocycles. The van der Waals surface area contributed by atoms with Gasteiger partial charge in [0.15, 0.2) is 0 Å². The van der Waals surface area contributed by atoms with Gasteiger partial charge in [-0.3, -0.25) is 9.69 Å². The lowest BCUT2D eigenvalue weighted by Crippen LogP contribution is -2.41. The molecule has 0 bridgehead atoms. The molecule has 1 aromatic rings. The summed E-state index contributed by atoms with van der Waals surface area (Å²) in [6.45, 7) is 3.17. The molecule has 1 atom stereocenters. The van der Waals surface area contributed by atoms with Crippen LogP contribution in [0.4, 0.5) is 0 Å². The first-order valence-corrected chi connectivity index (χ1v) is 10.6. The van der Waals surface area contributed by atoms with Crippen LogP contribution in [0.5, 0.6) is 0 Å². The highest BCUT2D eigenvalue weighted by Crippen LogP contribution is 2.24. The van der Waals surface area contributed by atoms with E-state index in [-0.39, 0.29) is 11.9 Å². The van der Waals surface area contributed by atoms with E-state index in [1.165, 1.54) is 4.31 Å². The Morgan fingerprint density at radius 3 is 2.69 bits per heavy atom. The maximum Gasteiger partial charge on any atom is 0.243 e. The lowest BCUT2D eigenvalue weighted by atomic mass is 9.98. The molecule has 2 aliphatic rings. The van der Waals surface area contributed by atoms with Gasteiger partial charge in [-0.2, -0.15) is 4.31 Å². The highest BCUT2D eigenvalue weighted by Gasteiger charge is 2.27. The Morgan fingerprint density at radius 2 is 1.96 bits per heavy atom. The molecule has 2 aliphatic heterocycles. The van der Waals surface area contributed by atoms with E-state index < -0.39 is 10.0 Å². The Morgan fingerprint density at radius 1 is 1.19 bits per heavy atom. The molecule has 0 saturated carbocycles. The minimum absolute atomic E-state index is 0.140. The molecule has 8 heteroatoms. The predicted molar refractivity (Wildman–Crippen MR) is 97.9 cm³/mol. The lowest BCUT2D eigenvalue weighted by Gasteiger charge is -2.35. The summed E-state index contributed by atoms with van der Waals surface area (Å²) in [4.78, 5) is 13.9. The number of hydrogen-bond acceptors (Lipinski definition) is 5. The molecular formula is C18H27N3O4S. The van der Waals surface area contributed by atoms with Gasteiger partial charge in [-0.15, -0.1) is 0 Å². The highest BCUT2D eigenvalue weighted by molar-refractivity contribution is 7.89. The van der Waals surface area contributed by atoms with Crippen LogP contribution in [0.15, 0.2) is 29.2 Å². The summed E-state index contributed by atoms with van der Waals surface area (Å²) in [7, 11) is -3.50. The number of sulfonamides is 1. The van der Waals surface area contributed by atoms with Crippen molar-refractivity contribution in [1.82, 2.24) is 9.21 Å². The standard InChI is InChI=1S/C18H27N3O4S/c19-18(22)13-16-5-1-2-7-20(16)14-15-4-3-6-17(12-15)26(23,24)21-8-10-25-11-9-21/h3-4,6,12,16H,1-2,5,7-11,13-14H2,(H2,19,22)/t16-/m0/s1. The first kappa shape index (κ1) is 19.3. The van der Waals surface area contributed by atoms with Gasteiger partial charge in [0.25, 0.3) is 0 Å². The fourth-order valence-corrected chi connectivity index (χ4v) is 5.19. The van der Waals surface area contributed by atoms with E-state index in [4.69, 9.17) is 10.5 Å². The van der Waals surface area contributed by atoms with E-state index in [0.717, 1.165) is 31.4 Å². The fourth-order valence-electron chi connectivity index (χ4n) is 3.71. The van der Waals surface area contributed by atoms with Crippen molar-refractivity contribution in [1.29, 1.82) is 0 Å². The van der Waals surface area contributed by atoms with Crippen LogP contribution in [-0.2, 0) is 26.1 Å². The number of benzene rings is 1. The van der Waals surface area contributed by atoms with Gasteiger partial charge in [0.2, 0.25) is 15.9 Å². The topological polar surface area (TPSA) is 92.9 Å². The number of morpholine rings is 1. The number of ether oxygens (including phenoxy) is 1. The van der Waals surface area contributed by atoms with E-state index in [9.17, 15) is 13.2 Å². The number of nitrogens with two attached hydrogens (primary N) is 1. The molecule has 7 nitrogen and oxygen atoms in total. The van der Waals surface area contributed by atoms with Crippen LogP contribution in [-0.4, -0.2) is 62.4 Å². The van der Waals surface area contributed by atoms with Crippen LogP contribution >= 0.6 is 0 Å². The molecule has 144 valence electrons. The van der Waals surface area contributed by atoms with E-state index in [1.54, 1.807) is 18.2 Å². The van der Waals surface area contributed by atoms with Gasteiger partial charge >= 0.3 is 0 Å². The third kappa shape index (κ3) is 4.62. The molecular weight excluding hydrogens is 354 g/mol. The number of nitrogens with zero attached hydrogens (tertiary/aromatic N) is 2. The smallest absolute Gasteiger partial charge is 0.243 e. The molecule has 2 fully saturated rings. The van der Waals surface area contributed by atoms with Crippen molar-refractivity contribution < 1.29 is 17.9 Å². The molecule has 1 aromatic carbocycles. The first-order valence-electron chi connectivity index (χ1n) is 9.16. The van der Waals surface area contributed by atoms with Crippen LogP contribution in [0, 0.1) is 0 Å². The number of likely N-dealkylation sites (tertiary alicyclic amines) is 1. The average Bonchev–Trinajstić information content (AvgIpc) is 2.64. The SMILES string of the molecule is NC(=O)C[C@@H]1CCCCN1Cc1cccc(S(=O)(=O)N2CCOCC2)c1. The van der Waals surface area contributed by atoms with Crippen molar-refractivity contribution in [3.8, 4) is 0 Å². The Labute approximate surface area is 155 Å². The van der Waals surface area contributed by atoms with Gasteiger partial charge in [0.1, 0.15) is 0 Å². The summed E-state index contributed by atoms with van der Waals surface area (Å²) in [5.74, 6) is -0.287. The van der Waals surface area contributed by atoms with Crippen molar-refractivity contribution in [2.24, 2.45) is 5.73 Å². The number of primary amides is 1. The Bertz CT molecular complexity index is 732. The zero-order valence-corrected chi connectivity index (χ0v) is 15.8. The van der Waals surface area contributed by atoms with Crippen molar-refractivity contribution >= 4 is 15.9 Å². The molecule has 2 saturated heterocycles. The number of rotatable bonds is 6. The summed E-state index contributed by atoms with van der Waals surface area (Å²) in [6, 6.07) is 7.26. The van der Waals surface area contributed by atoms with Crippen molar-refractivity contribution in [2.75, 3.05) is 32.8 Å². The second-order valence-electron chi connectivity index (χ2n) is 6.95. The monoisotopic (exact) mass is 381 g/mol. The quantitative estimate of drug-likeness (QED) is 0.792. The zero-order chi connectivity index (χ0) is 18.6. The van der Waals surface area contributed by atoms with Crippen LogP contribution in [0.2, 0.25) is 0 Å². The number of hydrogen-bond donors (Lipinski definition) is 1. The van der Waals surface area contributed by atoms with Gasteiger partial charge < -0.3 is 10.5 Å². The number of carbonyl (C=O) groups excluding carboxylic acids is 1. The molecule has 0 aromatic heterocycles. The van der Waals surface area contributed by atoms with Gasteiger partial charge in [-0.25, -0.2) is 8.42 Å². The van der Waals surface area contributed by atoms with Gasteiger partial charge in [-0.1, -0.05) is 18.6 Å². The van der Waals surface area contributed by atoms with Crippen LogP contribution in [0.25, 0.3) is 0 Å². The third-order valence-electron chi connectivity index (χ3n) is 5.08. The Kier molecular flexibility index (Phi) is 6.29. The summed E-state index contributed by atoms with van der Waals surface area (Å²) >= 11 is 0. The molecule has 0 spiro atoms. The molecule has 1 amide bonds. The summed E-state index contributed by atoms with van der Waals surface area (Å²) < 4.78 is 32.4. The van der Waals surface area contributed by atoms with Crippen molar-refractivity contribution in [2.45, 2.75) is 43.2 Å². The molecule has 26 heavy (non-hydrogen) atoms. The lowest BCUT2D eigenvalue weighted by molar-refractivity contribution is -0.119. The van der Waals surface area contributed by atoms with Crippen LogP contribution < -0.4 is 5.73 Å². The third-order valence-corrected chi connectivity index (χ3v) is 6.97. The number of piperidine rings is 1. The first-order chi connectivity index (χ1) is 12.5. The zero-order valence-electron chi connectivity index (χ0n) is 15.0. The van der Waals surface area contributed by atoms with E-state index in [0.29, 0.717) is 44.2 Å². The minimum Gasteiger partial charge on any atom is -0.379 e. The Balaban J connectivity index is 1.75. The van der Waals surface area contributed by atoms with Crippen LogP contribution in [0.3, 0.4) is 0 Å². The molecule has 2 N–H and O–H groups in total. The molecule has 0 aliphatic carbocycles. The van der Waals surface area contributed by atoms with E-state index >= 15 is 0 Å². The minimum atomic E-state index is -3.50. The van der Waals surface area contributed by atoms with Gasteiger partial charge in [0, 0.05) is 32.1 Å². The normalized spacial score (nSPS) is 23.0. The van der Waals surface area contributed by atoms with Gasteiger partial charge in [0.05, 0.1) is 18.1 Å². The fraction of sp³-hybridized carbons (Fsp3) is 0.611. The largest absolute Gasteiger partial charge is 0.379 e. The summed E-state index contributed by atoms with van der Waals surface area (Å²) in [6.07, 6.45) is 3.49. The average molecular weight is 381 g/mol. The van der Waals surface area contributed by atoms with E-state index in [2.05, 4.69) is 4.90 Å². The second kappa shape index (κ2) is 8.47. The maximum absolute atomic E-state index is 12.8. The highest BCUT2D eigenvalue weighted by atomic mass is 32.2. The number of carbonyl (C=O) groups is 1. The summed E-state index contributed by atoms with van der Waals surface area (Å²) in [5.41, 5.74) is 6.32. The van der Waals surface area contributed by atoms with Gasteiger partial charge in [-0.05, 0) is 37.1 Å². The predicted octanol–water partition coefficient (Wildman–Crippen LogP) is 0.937. The van der Waals surface area contributed by atoms with E-state index in [1.807, 2.05) is 6.07 Å². The Hall–Kier alpha value is -1.48. The maximum atomic E-state index is 12.8.